The summed E-state index contributed by atoms with van der Waals surface area (Å²) in [6, 6.07) is 17.6. The van der Waals surface area contributed by atoms with Crippen molar-refractivity contribution in [2.45, 2.75) is 33.1 Å². The van der Waals surface area contributed by atoms with Crippen molar-refractivity contribution in [3.63, 3.8) is 0 Å². The molecule has 0 radical (unpaired) electrons. The highest BCUT2D eigenvalue weighted by Crippen LogP contribution is 2.37. The van der Waals surface area contributed by atoms with Gasteiger partial charge >= 0.3 is 0 Å². The molecule has 1 amide bonds. The number of carbonyl (C=O) groups is 1. The van der Waals surface area contributed by atoms with Crippen LogP contribution in [-0.4, -0.2) is 15.9 Å². The van der Waals surface area contributed by atoms with Crippen LogP contribution in [0, 0.1) is 6.92 Å². The zero-order valence-electron chi connectivity index (χ0n) is 18.7. The van der Waals surface area contributed by atoms with Crippen molar-refractivity contribution in [1.29, 1.82) is 0 Å². The molecule has 0 saturated carbocycles. The first-order chi connectivity index (χ1) is 15.3. The van der Waals surface area contributed by atoms with E-state index in [1.807, 2.05) is 54.8 Å². The Hall–Kier alpha value is -3.51. The fourth-order valence-corrected chi connectivity index (χ4v) is 4.09. The quantitative estimate of drug-likeness (QED) is 0.366. The fourth-order valence-electron chi connectivity index (χ4n) is 3.42. The van der Waals surface area contributed by atoms with Crippen LogP contribution >= 0.6 is 11.3 Å². The topological polar surface area (TPSA) is 58.1 Å². The van der Waals surface area contributed by atoms with Gasteiger partial charge in [0, 0.05) is 35.2 Å². The van der Waals surface area contributed by atoms with Gasteiger partial charge in [-0.2, -0.15) is 0 Å². The van der Waals surface area contributed by atoms with Crippen molar-refractivity contribution in [2.75, 3.05) is 10.2 Å². The first-order valence-corrected chi connectivity index (χ1v) is 11.3. The number of rotatable bonds is 5. The molecule has 2 aromatic heterocycles. The highest BCUT2D eigenvalue weighted by Gasteiger charge is 2.19. The molecule has 0 aliphatic rings. The fraction of sp³-hybridized carbons (Fsp3) is 0.192. The van der Waals surface area contributed by atoms with Crippen LogP contribution in [0.4, 0.5) is 22.2 Å². The lowest BCUT2D eigenvalue weighted by molar-refractivity contribution is 0.102. The Morgan fingerprint density at radius 3 is 2.31 bits per heavy atom. The van der Waals surface area contributed by atoms with Crippen LogP contribution in [0.25, 0.3) is 0 Å². The molecular formula is C26H26N4OS. The molecule has 0 fully saturated rings. The van der Waals surface area contributed by atoms with Crippen LogP contribution in [0.5, 0.6) is 0 Å². The number of aryl methyl sites for hydroxylation is 1. The summed E-state index contributed by atoms with van der Waals surface area (Å²) in [5.74, 6) is -0.149. The molecule has 0 aliphatic heterocycles. The van der Waals surface area contributed by atoms with E-state index < -0.39 is 0 Å². The third-order valence-electron chi connectivity index (χ3n) is 5.25. The molecule has 5 nitrogen and oxygen atoms in total. The molecule has 0 saturated heterocycles. The first kappa shape index (κ1) is 21.7. The summed E-state index contributed by atoms with van der Waals surface area (Å²) in [5.41, 5.74) is 5.54. The lowest BCUT2D eigenvalue weighted by atomic mass is 9.87. The third kappa shape index (κ3) is 4.70. The van der Waals surface area contributed by atoms with Crippen molar-refractivity contribution in [3.05, 3.63) is 95.3 Å². The molecule has 0 atom stereocenters. The number of hydrogen-bond acceptors (Lipinski definition) is 5. The molecule has 2 heterocycles. The van der Waals surface area contributed by atoms with E-state index in [1.54, 1.807) is 29.9 Å². The minimum atomic E-state index is -0.149. The van der Waals surface area contributed by atoms with Crippen LogP contribution in [0.15, 0.2) is 78.6 Å². The monoisotopic (exact) mass is 442 g/mol. The highest BCUT2D eigenvalue weighted by molar-refractivity contribution is 7.13. The molecule has 0 bridgehead atoms. The summed E-state index contributed by atoms with van der Waals surface area (Å²) >= 11 is 1.54. The number of nitrogens with one attached hydrogen (secondary N) is 1. The summed E-state index contributed by atoms with van der Waals surface area (Å²) in [7, 11) is 0. The predicted octanol–water partition coefficient (Wildman–Crippen LogP) is 6.87. The summed E-state index contributed by atoms with van der Waals surface area (Å²) in [6.07, 6.45) is 5.29. The van der Waals surface area contributed by atoms with Gasteiger partial charge in [-0.05, 0) is 59.9 Å². The van der Waals surface area contributed by atoms with Gasteiger partial charge in [0.15, 0.2) is 5.13 Å². The minimum absolute atomic E-state index is 0.0701. The van der Waals surface area contributed by atoms with E-state index in [4.69, 9.17) is 0 Å². The average Bonchev–Trinajstić information content (AvgIpc) is 3.30. The van der Waals surface area contributed by atoms with Crippen LogP contribution in [0.2, 0.25) is 0 Å². The van der Waals surface area contributed by atoms with Crippen molar-refractivity contribution in [3.8, 4) is 0 Å². The van der Waals surface area contributed by atoms with Gasteiger partial charge in [-0.3, -0.25) is 14.7 Å². The molecule has 0 unspecified atom stereocenters. The molecule has 4 rings (SSSR count). The molecule has 1 N–H and O–H groups in total. The van der Waals surface area contributed by atoms with Gasteiger partial charge < -0.3 is 5.32 Å². The Kier molecular flexibility index (Phi) is 6.06. The zero-order chi connectivity index (χ0) is 22.7. The Labute approximate surface area is 192 Å². The van der Waals surface area contributed by atoms with E-state index in [-0.39, 0.29) is 11.3 Å². The highest BCUT2D eigenvalue weighted by atomic mass is 32.1. The third-order valence-corrected chi connectivity index (χ3v) is 6.01. The number of pyridine rings is 1. The van der Waals surface area contributed by atoms with Crippen molar-refractivity contribution in [1.82, 2.24) is 9.97 Å². The number of aromatic nitrogens is 2. The van der Waals surface area contributed by atoms with E-state index in [0.29, 0.717) is 5.56 Å². The number of thiazole rings is 1. The van der Waals surface area contributed by atoms with E-state index in [0.717, 1.165) is 27.8 Å². The number of hydrogen-bond donors (Lipinski definition) is 1. The van der Waals surface area contributed by atoms with Crippen LogP contribution in [0.3, 0.4) is 0 Å². The van der Waals surface area contributed by atoms with Gasteiger partial charge in [0.25, 0.3) is 5.91 Å². The lowest BCUT2D eigenvalue weighted by Crippen LogP contribution is -2.16. The molecule has 162 valence electrons. The van der Waals surface area contributed by atoms with Crippen LogP contribution < -0.4 is 10.2 Å². The van der Waals surface area contributed by atoms with Crippen molar-refractivity contribution in [2.24, 2.45) is 0 Å². The summed E-state index contributed by atoms with van der Waals surface area (Å²) in [6.45, 7) is 8.55. The van der Waals surface area contributed by atoms with Crippen LogP contribution in [-0.2, 0) is 5.41 Å². The van der Waals surface area contributed by atoms with Gasteiger partial charge in [0.05, 0.1) is 11.4 Å². The number of benzene rings is 2. The molecular weight excluding hydrogens is 416 g/mol. The number of carbonyl (C=O) groups excluding carboxylic acids is 1. The molecule has 2 aromatic carbocycles. The van der Waals surface area contributed by atoms with Gasteiger partial charge in [-0.25, -0.2) is 4.98 Å². The van der Waals surface area contributed by atoms with Gasteiger partial charge in [-0.15, -0.1) is 11.3 Å². The Morgan fingerprint density at radius 1 is 0.969 bits per heavy atom. The van der Waals surface area contributed by atoms with Crippen molar-refractivity contribution < 1.29 is 4.79 Å². The molecule has 0 aliphatic carbocycles. The standard InChI is InChI=1S/C26H26N4OS/c1-18-5-6-19(24(31)29-21-9-7-20(8-10-21)26(2,3)4)17-23(18)30(25-28-15-16-32-25)22-11-13-27-14-12-22/h5-17H,1-4H3,(H,29,31). The molecule has 0 spiro atoms. The molecule has 6 heteroatoms. The second-order valence-electron chi connectivity index (χ2n) is 8.64. The second kappa shape index (κ2) is 8.93. The SMILES string of the molecule is Cc1ccc(C(=O)Nc2ccc(C(C)(C)C)cc2)cc1N(c1ccncc1)c1nccs1. The maximum Gasteiger partial charge on any atom is 0.255 e. The minimum Gasteiger partial charge on any atom is -0.322 e. The van der Waals surface area contributed by atoms with Gasteiger partial charge in [0.1, 0.15) is 0 Å². The lowest BCUT2D eigenvalue weighted by Gasteiger charge is -2.24. The molecule has 32 heavy (non-hydrogen) atoms. The number of anilines is 4. The molecule has 4 aromatic rings. The van der Waals surface area contributed by atoms with E-state index in [2.05, 4.69) is 53.1 Å². The van der Waals surface area contributed by atoms with E-state index >= 15 is 0 Å². The van der Waals surface area contributed by atoms with E-state index in [1.165, 1.54) is 5.56 Å². The second-order valence-corrected chi connectivity index (χ2v) is 9.51. The van der Waals surface area contributed by atoms with Gasteiger partial charge in [0.2, 0.25) is 0 Å². The Bertz CT molecular complexity index is 1200. The zero-order valence-corrected chi connectivity index (χ0v) is 19.5. The van der Waals surface area contributed by atoms with Crippen molar-refractivity contribution >= 4 is 39.4 Å². The summed E-state index contributed by atoms with van der Waals surface area (Å²) < 4.78 is 0. The normalized spacial score (nSPS) is 11.2. The smallest absolute Gasteiger partial charge is 0.255 e. The average molecular weight is 443 g/mol. The maximum atomic E-state index is 13.1. The largest absolute Gasteiger partial charge is 0.322 e. The number of nitrogens with zero attached hydrogens (tertiary/aromatic N) is 3. The van der Waals surface area contributed by atoms with Crippen LogP contribution in [0.1, 0.15) is 42.3 Å². The summed E-state index contributed by atoms with van der Waals surface area (Å²) in [4.78, 5) is 23.7. The summed E-state index contributed by atoms with van der Waals surface area (Å²) in [5, 5.41) is 5.79. The first-order valence-electron chi connectivity index (χ1n) is 10.4. The Balaban J connectivity index is 1.65. The predicted molar refractivity (Wildman–Crippen MR) is 132 cm³/mol. The van der Waals surface area contributed by atoms with Gasteiger partial charge in [-0.1, -0.05) is 39.0 Å². The maximum absolute atomic E-state index is 13.1. The number of amides is 1. The van der Waals surface area contributed by atoms with E-state index in [9.17, 15) is 4.79 Å². The Morgan fingerprint density at radius 2 is 1.69 bits per heavy atom.